The average Bonchev–Trinajstić information content (AvgIpc) is 3.41. The molecule has 1 aromatic heterocycles. The van der Waals surface area contributed by atoms with E-state index in [0.717, 1.165) is 17.7 Å². The Morgan fingerprint density at radius 2 is 2.06 bits per heavy atom. The van der Waals surface area contributed by atoms with Crippen LogP contribution in [0.3, 0.4) is 0 Å². The third-order valence-electron chi connectivity index (χ3n) is 5.81. The molecular weight excluding hydrogens is 420 g/mol. The molecule has 0 radical (unpaired) electrons. The minimum atomic E-state index is -0.833. The molecule has 0 bridgehead atoms. The largest absolute Gasteiger partial charge is 0.507 e. The Morgan fingerprint density at radius 3 is 2.85 bits per heavy atom. The molecule has 3 aromatic rings. The van der Waals surface area contributed by atoms with Crippen molar-refractivity contribution in [2.24, 2.45) is 0 Å². The van der Waals surface area contributed by atoms with Gasteiger partial charge in [-0.05, 0) is 54.4 Å². The predicted octanol–water partition coefficient (Wildman–Crippen LogP) is 4.04. The van der Waals surface area contributed by atoms with Gasteiger partial charge in [-0.15, -0.1) is 0 Å². The molecule has 166 valence electrons. The number of aliphatic hydroxyl groups excluding tert-OH is 1. The van der Waals surface area contributed by atoms with Gasteiger partial charge in [0.25, 0.3) is 11.7 Å². The quantitative estimate of drug-likeness (QED) is 0.364. The van der Waals surface area contributed by atoms with Crippen molar-refractivity contribution >= 4 is 23.1 Å². The van der Waals surface area contributed by atoms with Gasteiger partial charge in [0.15, 0.2) is 0 Å². The van der Waals surface area contributed by atoms with Crippen LogP contribution in [0.4, 0.5) is 5.69 Å². The predicted molar refractivity (Wildman–Crippen MR) is 122 cm³/mol. The summed E-state index contributed by atoms with van der Waals surface area (Å²) in [5.74, 6) is -0.340. The number of nitrogens with zero attached hydrogens (tertiary/aromatic N) is 2. The highest BCUT2D eigenvalue weighted by Gasteiger charge is 2.47. The summed E-state index contributed by atoms with van der Waals surface area (Å²) in [5.41, 5.74) is 2.56. The summed E-state index contributed by atoms with van der Waals surface area (Å²) in [7, 11) is 0. The second kappa shape index (κ2) is 8.43. The Kier molecular flexibility index (Phi) is 5.30. The number of hydrogen-bond acceptors (Lipinski definition) is 6. The van der Waals surface area contributed by atoms with Gasteiger partial charge in [0, 0.05) is 36.1 Å². The molecule has 3 heterocycles. The zero-order chi connectivity index (χ0) is 22.9. The summed E-state index contributed by atoms with van der Waals surface area (Å²) in [6.07, 6.45) is 3.94. The van der Waals surface area contributed by atoms with Crippen LogP contribution >= 0.6 is 0 Å². The summed E-state index contributed by atoms with van der Waals surface area (Å²) in [5, 5.41) is 11.3. The van der Waals surface area contributed by atoms with Crippen LogP contribution in [0.1, 0.15) is 29.7 Å². The fourth-order valence-corrected chi connectivity index (χ4v) is 4.33. The van der Waals surface area contributed by atoms with Gasteiger partial charge >= 0.3 is 0 Å². The Hall–Kier alpha value is -4.13. The molecule has 33 heavy (non-hydrogen) atoms. The zero-order valence-corrected chi connectivity index (χ0v) is 18.0. The fraction of sp³-hybridized carbons (Fsp3) is 0.192. The minimum Gasteiger partial charge on any atom is -0.507 e. The van der Waals surface area contributed by atoms with E-state index in [1.807, 2.05) is 6.92 Å². The first-order valence-electron chi connectivity index (χ1n) is 10.8. The first-order chi connectivity index (χ1) is 16.1. The molecule has 7 nitrogen and oxygen atoms in total. The molecule has 1 atom stereocenters. The van der Waals surface area contributed by atoms with E-state index in [1.54, 1.807) is 67.0 Å². The number of Topliss-reactive ketones (excluding diaryl/α,β-unsaturated/α-hetero) is 1. The molecule has 1 saturated heterocycles. The van der Waals surface area contributed by atoms with E-state index in [0.29, 0.717) is 35.8 Å². The second-order valence-electron chi connectivity index (χ2n) is 7.81. The molecule has 0 spiro atoms. The maximum absolute atomic E-state index is 13.2. The maximum Gasteiger partial charge on any atom is 0.300 e. The number of carbonyl (C=O) groups excluding carboxylic acids is 2. The third kappa shape index (κ3) is 3.61. The van der Waals surface area contributed by atoms with Gasteiger partial charge < -0.3 is 14.6 Å². The lowest BCUT2D eigenvalue weighted by Crippen LogP contribution is -2.29. The number of aliphatic hydroxyl groups is 1. The van der Waals surface area contributed by atoms with Gasteiger partial charge in [0.1, 0.15) is 17.3 Å². The average molecular weight is 442 g/mol. The first-order valence-corrected chi connectivity index (χ1v) is 10.8. The third-order valence-corrected chi connectivity index (χ3v) is 5.81. The standard InChI is InChI=1S/C26H22N2O5/c1-2-32-20-7-3-6-19(14-20)28-23(18-5-4-11-27-15-18)22(25(30)26(28)31)24(29)17-8-9-21-16(13-17)10-12-33-21/h3-9,11,13-15,23,29H,2,10,12H2,1H3/b24-22-. The lowest BCUT2D eigenvalue weighted by molar-refractivity contribution is -0.132. The number of hydrogen-bond donors (Lipinski definition) is 1. The molecular formula is C26H22N2O5. The highest BCUT2D eigenvalue weighted by molar-refractivity contribution is 6.51. The summed E-state index contributed by atoms with van der Waals surface area (Å²) in [6.45, 7) is 2.92. The van der Waals surface area contributed by atoms with Crippen LogP contribution in [-0.4, -0.2) is 35.0 Å². The Bertz CT molecular complexity index is 1270. The molecule has 0 saturated carbocycles. The summed E-state index contributed by atoms with van der Waals surface area (Å²) < 4.78 is 11.1. The molecule has 1 fully saturated rings. The lowest BCUT2D eigenvalue weighted by Gasteiger charge is -2.25. The van der Waals surface area contributed by atoms with Crippen molar-refractivity contribution in [3.05, 3.63) is 89.3 Å². The van der Waals surface area contributed by atoms with Gasteiger partial charge in [-0.3, -0.25) is 19.5 Å². The zero-order valence-electron chi connectivity index (χ0n) is 18.0. The van der Waals surface area contributed by atoms with E-state index < -0.39 is 17.7 Å². The molecule has 2 aliphatic heterocycles. The fourth-order valence-electron chi connectivity index (χ4n) is 4.33. The number of aromatic nitrogens is 1. The molecule has 1 unspecified atom stereocenters. The highest BCUT2D eigenvalue weighted by atomic mass is 16.5. The normalized spacial score (nSPS) is 18.8. The molecule has 7 heteroatoms. The van der Waals surface area contributed by atoms with Crippen molar-refractivity contribution < 1.29 is 24.2 Å². The molecule has 2 aliphatic rings. The number of carbonyl (C=O) groups is 2. The Balaban J connectivity index is 1.67. The Morgan fingerprint density at radius 1 is 1.18 bits per heavy atom. The van der Waals surface area contributed by atoms with Crippen LogP contribution < -0.4 is 14.4 Å². The van der Waals surface area contributed by atoms with Crippen molar-refractivity contribution in [3.63, 3.8) is 0 Å². The van der Waals surface area contributed by atoms with Gasteiger partial charge in [0.05, 0.1) is 24.8 Å². The van der Waals surface area contributed by atoms with Crippen LogP contribution in [0.5, 0.6) is 11.5 Å². The van der Waals surface area contributed by atoms with Crippen molar-refractivity contribution in [2.75, 3.05) is 18.1 Å². The van der Waals surface area contributed by atoms with E-state index in [1.165, 1.54) is 4.90 Å². The number of pyridine rings is 1. The van der Waals surface area contributed by atoms with E-state index in [2.05, 4.69) is 4.98 Å². The van der Waals surface area contributed by atoms with Crippen LogP contribution in [0, 0.1) is 0 Å². The summed E-state index contributed by atoms with van der Waals surface area (Å²) in [4.78, 5) is 32.1. The number of benzene rings is 2. The van der Waals surface area contributed by atoms with Crippen molar-refractivity contribution in [1.82, 2.24) is 4.98 Å². The molecule has 0 aliphatic carbocycles. The lowest BCUT2D eigenvalue weighted by atomic mass is 9.95. The van der Waals surface area contributed by atoms with Crippen LogP contribution in [-0.2, 0) is 16.0 Å². The number of ether oxygens (including phenoxy) is 2. The van der Waals surface area contributed by atoms with Crippen LogP contribution in [0.25, 0.3) is 5.76 Å². The number of fused-ring (bicyclic) bond motifs is 1. The van der Waals surface area contributed by atoms with Gasteiger partial charge in [0.2, 0.25) is 0 Å². The number of anilines is 1. The summed E-state index contributed by atoms with van der Waals surface area (Å²) >= 11 is 0. The molecule has 1 N–H and O–H groups in total. The van der Waals surface area contributed by atoms with Crippen molar-refractivity contribution in [1.29, 1.82) is 0 Å². The van der Waals surface area contributed by atoms with E-state index in [9.17, 15) is 14.7 Å². The molecule has 5 rings (SSSR count). The van der Waals surface area contributed by atoms with Gasteiger partial charge in [-0.25, -0.2) is 0 Å². The van der Waals surface area contributed by atoms with Gasteiger partial charge in [-0.1, -0.05) is 12.1 Å². The van der Waals surface area contributed by atoms with Crippen molar-refractivity contribution in [2.45, 2.75) is 19.4 Å². The topological polar surface area (TPSA) is 89.0 Å². The first kappa shape index (κ1) is 20.8. The smallest absolute Gasteiger partial charge is 0.300 e. The van der Waals surface area contributed by atoms with E-state index >= 15 is 0 Å². The number of ketones is 1. The number of rotatable bonds is 5. The van der Waals surface area contributed by atoms with E-state index in [-0.39, 0.29) is 11.3 Å². The van der Waals surface area contributed by atoms with E-state index in [4.69, 9.17) is 9.47 Å². The molecule has 2 aromatic carbocycles. The monoisotopic (exact) mass is 442 g/mol. The van der Waals surface area contributed by atoms with Crippen molar-refractivity contribution in [3.8, 4) is 11.5 Å². The molecule has 1 amide bonds. The highest BCUT2D eigenvalue weighted by Crippen LogP contribution is 2.43. The van der Waals surface area contributed by atoms with Crippen LogP contribution in [0.15, 0.2) is 72.6 Å². The summed E-state index contributed by atoms with van der Waals surface area (Å²) in [6, 6.07) is 15.0. The Labute approximate surface area is 190 Å². The minimum absolute atomic E-state index is 0.0219. The maximum atomic E-state index is 13.2. The number of amides is 1. The van der Waals surface area contributed by atoms with Crippen LogP contribution in [0.2, 0.25) is 0 Å². The van der Waals surface area contributed by atoms with Gasteiger partial charge in [-0.2, -0.15) is 0 Å². The second-order valence-corrected chi connectivity index (χ2v) is 7.81. The SMILES string of the molecule is CCOc1cccc(N2C(=O)C(=O)/C(=C(\O)c3ccc4c(c3)CCO4)C2c2cccnc2)c1.